The Morgan fingerprint density at radius 1 is 1.44 bits per heavy atom. The summed E-state index contributed by atoms with van der Waals surface area (Å²) in [6.07, 6.45) is 1.62. The lowest BCUT2D eigenvalue weighted by molar-refractivity contribution is 0.477. The molecule has 0 amide bonds. The molecule has 0 aliphatic heterocycles. The van der Waals surface area contributed by atoms with Crippen LogP contribution in [0.3, 0.4) is 0 Å². The van der Waals surface area contributed by atoms with E-state index >= 15 is 0 Å². The van der Waals surface area contributed by atoms with Crippen LogP contribution < -0.4 is 5.73 Å². The van der Waals surface area contributed by atoms with Crippen LogP contribution in [0.2, 0.25) is 5.02 Å². The van der Waals surface area contributed by atoms with Crippen LogP contribution in [0.1, 0.15) is 5.56 Å². The molecule has 2 rings (SSSR count). The average molecular weight is 238 g/mol. The van der Waals surface area contributed by atoms with Crippen molar-refractivity contribution in [3.63, 3.8) is 0 Å². The standard InChI is InChI=1S/C11H12ClN3O/c1-6-3-4-8(12)10(16)9(6)7-5-14-15(2)11(7)13/h3-5,16H,13H2,1-2H3. The summed E-state index contributed by atoms with van der Waals surface area (Å²) in [5, 5.41) is 14.3. The molecule has 4 nitrogen and oxygen atoms in total. The van der Waals surface area contributed by atoms with Crippen molar-refractivity contribution < 1.29 is 5.11 Å². The molecular weight excluding hydrogens is 226 g/mol. The fraction of sp³-hybridized carbons (Fsp3) is 0.182. The fourth-order valence-corrected chi connectivity index (χ4v) is 1.80. The maximum atomic E-state index is 9.94. The topological polar surface area (TPSA) is 64.1 Å². The number of nitrogen functional groups attached to an aromatic ring is 1. The molecule has 5 heteroatoms. The lowest BCUT2D eigenvalue weighted by atomic mass is 10.0. The Labute approximate surface area is 98.3 Å². The highest BCUT2D eigenvalue weighted by molar-refractivity contribution is 6.32. The van der Waals surface area contributed by atoms with Crippen LogP contribution in [0.5, 0.6) is 5.75 Å². The van der Waals surface area contributed by atoms with Crippen molar-refractivity contribution in [1.29, 1.82) is 0 Å². The first kappa shape index (κ1) is 10.8. The smallest absolute Gasteiger partial charge is 0.142 e. The molecule has 0 atom stereocenters. The van der Waals surface area contributed by atoms with Gasteiger partial charge < -0.3 is 10.8 Å². The van der Waals surface area contributed by atoms with Gasteiger partial charge >= 0.3 is 0 Å². The number of aryl methyl sites for hydroxylation is 2. The van der Waals surface area contributed by atoms with Crippen molar-refractivity contribution in [3.8, 4) is 16.9 Å². The third-order valence-electron chi connectivity index (χ3n) is 2.59. The second-order valence-corrected chi connectivity index (χ2v) is 4.06. The molecule has 3 N–H and O–H groups in total. The number of phenols is 1. The van der Waals surface area contributed by atoms with Crippen LogP contribution in [0.25, 0.3) is 11.1 Å². The number of aromatic nitrogens is 2. The minimum Gasteiger partial charge on any atom is -0.506 e. The van der Waals surface area contributed by atoms with E-state index < -0.39 is 0 Å². The predicted molar refractivity (Wildman–Crippen MR) is 64.5 cm³/mol. The summed E-state index contributed by atoms with van der Waals surface area (Å²) in [5.74, 6) is 0.544. The minimum atomic E-state index is 0.0429. The quantitative estimate of drug-likeness (QED) is 0.800. The maximum absolute atomic E-state index is 9.94. The first-order valence-electron chi connectivity index (χ1n) is 4.78. The average Bonchev–Trinajstić information content (AvgIpc) is 2.56. The van der Waals surface area contributed by atoms with E-state index in [0.29, 0.717) is 22.0 Å². The van der Waals surface area contributed by atoms with E-state index in [1.165, 1.54) is 0 Å². The first-order valence-corrected chi connectivity index (χ1v) is 5.16. The molecule has 0 saturated carbocycles. The van der Waals surface area contributed by atoms with Gasteiger partial charge in [0.2, 0.25) is 0 Å². The predicted octanol–water partition coefficient (Wildman–Crippen LogP) is 2.34. The number of nitrogens with two attached hydrogens (primary N) is 1. The van der Waals surface area contributed by atoms with E-state index in [-0.39, 0.29) is 5.75 Å². The number of anilines is 1. The lowest BCUT2D eigenvalue weighted by Gasteiger charge is -2.09. The normalized spacial score (nSPS) is 10.7. The highest BCUT2D eigenvalue weighted by atomic mass is 35.5. The van der Waals surface area contributed by atoms with Crippen LogP contribution in [0.4, 0.5) is 5.82 Å². The molecule has 84 valence electrons. The molecule has 16 heavy (non-hydrogen) atoms. The zero-order chi connectivity index (χ0) is 11.9. The lowest BCUT2D eigenvalue weighted by Crippen LogP contribution is -1.98. The van der Waals surface area contributed by atoms with Gasteiger partial charge in [0.25, 0.3) is 0 Å². The van der Waals surface area contributed by atoms with E-state index in [1.54, 1.807) is 24.0 Å². The molecule has 0 saturated heterocycles. The van der Waals surface area contributed by atoms with Crippen molar-refractivity contribution in [2.24, 2.45) is 7.05 Å². The Morgan fingerprint density at radius 3 is 2.69 bits per heavy atom. The molecule has 1 aromatic carbocycles. The van der Waals surface area contributed by atoms with E-state index in [0.717, 1.165) is 5.56 Å². The van der Waals surface area contributed by atoms with Gasteiger partial charge in [-0.2, -0.15) is 5.10 Å². The van der Waals surface area contributed by atoms with Crippen molar-refractivity contribution in [1.82, 2.24) is 9.78 Å². The summed E-state index contributed by atoms with van der Waals surface area (Å²) in [5.41, 5.74) is 8.10. The largest absolute Gasteiger partial charge is 0.506 e. The van der Waals surface area contributed by atoms with Gasteiger partial charge in [-0.1, -0.05) is 17.7 Å². The van der Waals surface area contributed by atoms with Crippen LogP contribution in [0, 0.1) is 6.92 Å². The number of hydrogen-bond acceptors (Lipinski definition) is 3. The van der Waals surface area contributed by atoms with Gasteiger partial charge in [-0.25, -0.2) is 0 Å². The maximum Gasteiger partial charge on any atom is 0.142 e. The molecule has 0 fully saturated rings. The minimum absolute atomic E-state index is 0.0429. The zero-order valence-electron chi connectivity index (χ0n) is 9.03. The summed E-state index contributed by atoms with van der Waals surface area (Å²) in [6, 6.07) is 3.49. The summed E-state index contributed by atoms with van der Waals surface area (Å²) >= 11 is 5.88. The van der Waals surface area contributed by atoms with E-state index in [9.17, 15) is 5.11 Å². The van der Waals surface area contributed by atoms with Crippen molar-refractivity contribution >= 4 is 17.4 Å². The van der Waals surface area contributed by atoms with Gasteiger partial charge in [-0.15, -0.1) is 0 Å². The summed E-state index contributed by atoms with van der Waals surface area (Å²) in [6.45, 7) is 1.89. The van der Waals surface area contributed by atoms with Gasteiger partial charge in [0.1, 0.15) is 11.6 Å². The van der Waals surface area contributed by atoms with Gasteiger partial charge in [0.15, 0.2) is 0 Å². The molecular formula is C11H12ClN3O. The fourth-order valence-electron chi connectivity index (χ4n) is 1.65. The van der Waals surface area contributed by atoms with Gasteiger partial charge in [0.05, 0.1) is 11.2 Å². The number of hydrogen-bond donors (Lipinski definition) is 2. The van der Waals surface area contributed by atoms with E-state index in [4.69, 9.17) is 17.3 Å². The third kappa shape index (κ3) is 1.51. The summed E-state index contributed by atoms with van der Waals surface area (Å²) in [4.78, 5) is 0. The third-order valence-corrected chi connectivity index (χ3v) is 2.90. The van der Waals surface area contributed by atoms with Crippen molar-refractivity contribution in [2.45, 2.75) is 6.92 Å². The van der Waals surface area contributed by atoms with E-state index in [2.05, 4.69) is 5.10 Å². The number of benzene rings is 1. The van der Waals surface area contributed by atoms with Crippen molar-refractivity contribution in [2.75, 3.05) is 5.73 Å². The Morgan fingerprint density at radius 2 is 2.12 bits per heavy atom. The van der Waals surface area contributed by atoms with Crippen LogP contribution in [-0.2, 0) is 7.05 Å². The van der Waals surface area contributed by atoms with E-state index in [1.807, 2.05) is 13.0 Å². The Balaban J connectivity index is 2.73. The molecule has 0 aliphatic rings. The second-order valence-electron chi connectivity index (χ2n) is 3.65. The number of rotatable bonds is 1. The molecule has 0 spiro atoms. The molecule has 1 heterocycles. The highest BCUT2D eigenvalue weighted by Gasteiger charge is 2.16. The van der Waals surface area contributed by atoms with Crippen LogP contribution in [0.15, 0.2) is 18.3 Å². The Kier molecular flexibility index (Phi) is 2.52. The van der Waals surface area contributed by atoms with Crippen LogP contribution >= 0.6 is 11.6 Å². The number of aromatic hydroxyl groups is 1. The summed E-state index contributed by atoms with van der Waals surface area (Å²) in [7, 11) is 1.75. The molecule has 0 bridgehead atoms. The first-order chi connectivity index (χ1) is 7.52. The molecule has 0 radical (unpaired) electrons. The Hall–Kier alpha value is -1.68. The zero-order valence-corrected chi connectivity index (χ0v) is 9.78. The van der Waals surface area contributed by atoms with Gasteiger partial charge in [-0.3, -0.25) is 4.68 Å². The molecule has 0 unspecified atom stereocenters. The monoisotopic (exact) mass is 237 g/mol. The van der Waals surface area contributed by atoms with Gasteiger partial charge in [-0.05, 0) is 18.6 Å². The number of phenolic OH excluding ortho intramolecular Hbond substituents is 1. The highest BCUT2D eigenvalue weighted by Crippen LogP contribution is 2.39. The van der Waals surface area contributed by atoms with Crippen LogP contribution in [-0.4, -0.2) is 14.9 Å². The second kappa shape index (κ2) is 3.72. The van der Waals surface area contributed by atoms with Crippen molar-refractivity contribution in [3.05, 3.63) is 28.9 Å². The number of nitrogens with zero attached hydrogens (tertiary/aromatic N) is 2. The number of halogens is 1. The SMILES string of the molecule is Cc1ccc(Cl)c(O)c1-c1cnn(C)c1N. The Bertz CT molecular complexity index is 548. The molecule has 1 aromatic heterocycles. The molecule has 2 aromatic rings. The summed E-state index contributed by atoms with van der Waals surface area (Å²) < 4.78 is 1.55. The molecule has 0 aliphatic carbocycles. The van der Waals surface area contributed by atoms with Gasteiger partial charge in [0, 0.05) is 18.2 Å².